The Morgan fingerprint density at radius 1 is 1.62 bits per heavy atom. The van der Waals surface area contributed by atoms with Crippen molar-refractivity contribution in [3.63, 3.8) is 0 Å². The Kier molecular flexibility index (Phi) is 3.44. The summed E-state index contributed by atoms with van der Waals surface area (Å²) in [5, 5.41) is 3.92. The highest BCUT2D eigenvalue weighted by molar-refractivity contribution is 5.69. The van der Waals surface area contributed by atoms with E-state index in [1.165, 1.54) is 30.1 Å². The fraction of sp³-hybridized carbons (Fsp3) is 0.636. The molecule has 1 saturated carbocycles. The lowest BCUT2D eigenvalue weighted by Crippen LogP contribution is -2.18. The van der Waals surface area contributed by atoms with Crippen molar-refractivity contribution in [3.8, 4) is 0 Å². The summed E-state index contributed by atoms with van der Waals surface area (Å²) in [5.74, 6) is 0.524. The molecule has 0 amide bonds. The monoisotopic (exact) mass is 223 g/mol. The fourth-order valence-electron chi connectivity index (χ4n) is 1.76. The van der Waals surface area contributed by atoms with Crippen LogP contribution in [0, 0.1) is 5.92 Å². The Morgan fingerprint density at radius 2 is 2.44 bits per heavy atom. The van der Waals surface area contributed by atoms with Crippen LogP contribution in [0.4, 0.5) is 5.69 Å². The molecule has 0 aromatic carbocycles. The lowest BCUT2D eigenvalue weighted by atomic mass is 9.83. The largest absolute Gasteiger partial charge is 0.464 e. The number of nitrogens with zero attached hydrogens (tertiary/aromatic N) is 2. The summed E-state index contributed by atoms with van der Waals surface area (Å²) in [5.41, 5.74) is 6.04. The van der Waals surface area contributed by atoms with Crippen molar-refractivity contribution >= 4 is 11.7 Å². The van der Waals surface area contributed by atoms with Crippen molar-refractivity contribution in [2.75, 3.05) is 12.3 Å². The van der Waals surface area contributed by atoms with Crippen LogP contribution in [0.3, 0.4) is 0 Å². The standard InChI is InChI=1S/C11H17N3O2/c12-10-6-13-14(7-10)8-11(15)16-5-4-9-2-1-3-9/h6-7,9H,1-5,8,12H2. The molecule has 1 fully saturated rings. The summed E-state index contributed by atoms with van der Waals surface area (Å²) in [4.78, 5) is 11.4. The SMILES string of the molecule is Nc1cnn(CC(=O)OCCC2CCC2)c1. The van der Waals surface area contributed by atoms with Gasteiger partial charge >= 0.3 is 5.97 Å². The van der Waals surface area contributed by atoms with E-state index in [2.05, 4.69) is 5.10 Å². The van der Waals surface area contributed by atoms with Gasteiger partial charge in [0, 0.05) is 6.20 Å². The molecule has 2 rings (SSSR count). The molecule has 1 aromatic heterocycles. The van der Waals surface area contributed by atoms with E-state index < -0.39 is 0 Å². The molecular formula is C11H17N3O2. The average Bonchev–Trinajstić information content (AvgIpc) is 2.56. The number of ether oxygens (including phenoxy) is 1. The Labute approximate surface area is 94.6 Å². The van der Waals surface area contributed by atoms with Crippen LogP contribution >= 0.6 is 0 Å². The maximum absolute atomic E-state index is 11.4. The highest BCUT2D eigenvalue weighted by Crippen LogP contribution is 2.29. The summed E-state index contributed by atoms with van der Waals surface area (Å²) >= 11 is 0. The number of carbonyl (C=O) groups is 1. The van der Waals surface area contributed by atoms with Crippen molar-refractivity contribution in [3.05, 3.63) is 12.4 Å². The summed E-state index contributed by atoms with van der Waals surface area (Å²) in [6.45, 7) is 0.669. The van der Waals surface area contributed by atoms with Gasteiger partial charge in [-0.2, -0.15) is 5.10 Å². The second kappa shape index (κ2) is 5.01. The molecule has 0 spiro atoms. The first-order chi connectivity index (χ1) is 7.74. The molecule has 2 N–H and O–H groups in total. The summed E-state index contributed by atoms with van der Waals surface area (Å²) in [7, 11) is 0. The van der Waals surface area contributed by atoms with Crippen molar-refractivity contribution in [1.82, 2.24) is 9.78 Å². The Morgan fingerprint density at radius 3 is 3.00 bits per heavy atom. The number of nitrogens with two attached hydrogens (primary N) is 1. The topological polar surface area (TPSA) is 70.1 Å². The first-order valence-electron chi connectivity index (χ1n) is 5.67. The van der Waals surface area contributed by atoms with Gasteiger partial charge in [-0.1, -0.05) is 19.3 Å². The zero-order chi connectivity index (χ0) is 11.4. The third-order valence-electron chi connectivity index (χ3n) is 2.96. The number of carbonyl (C=O) groups excluding carboxylic acids is 1. The predicted octanol–water partition coefficient (Wildman–Crippen LogP) is 1.20. The fourth-order valence-corrected chi connectivity index (χ4v) is 1.76. The molecule has 0 unspecified atom stereocenters. The van der Waals surface area contributed by atoms with Crippen molar-refractivity contribution in [2.45, 2.75) is 32.2 Å². The van der Waals surface area contributed by atoms with Gasteiger partial charge in [-0.05, 0) is 12.3 Å². The second-order valence-corrected chi connectivity index (χ2v) is 4.28. The molecule has 1 aliphatic carbocycles. The molecular weight excluding hydrogens is 206 g/mol. The Balaban J connectivity index is 1.63. The molecule has 0 radical (unpaired) electrons. The molecule has 5 nitrogen and oxygen atoms in total. The smallest absolute Gasteiger partial charge is 0.327 e. The van der Waals surface area contributed by atoms with Crippen LogP contribution in [0.5, 0.6) is 0 Å². The van der Waals surface area contributed by atoms with Crippen LogP contribution in [-0.4, -0.2) is 22.4 Å². The van der Waals surface area contributed by atoms with Crippen LogP contribution in [0.1, 0.15) is 25.7 Å². The van der Waals surface area contributed by atoms with E-state index in [0.29, 0.717) is 12.3 Å². The zero-order valence-electron chi connectivity index (χ0n) is 9.26. The van der Waals surface area contributed by atoms with Gasteiger partial charge in [0.2, 0.25) is 0 Å². The number of hydrogen-bond acceptors (Lipinski definition) is 4. The van der Waals surface area contributed by atoms with Crippen LogP contribution in [0.2, 0.25) is 0 Å². The third kappa shape index (κ3) is 2.98. The molecule has 1 aliphatic rings. The molecule has 0 bridgehead atoms. The van der Waals surface area contributed by atoms with Gasteiger partial charge in [0.1, 0.15) is 6.54 Å². The molecule has 0 aliphatic heterocycles. The van der Waals surface area contributed by atoms with E-state index in [4.69, 9.17) is 10.5 Å². The molecule has 16 heavy (non-hydrogen) atoms. The molecule has 1 heterocycles. The minimum atomic E-state index is -0.248. The first kappa shape index (κ1) is 11.0. The van der Waals surface area contributed by atoms with Crippen LogP contribution in [0.25, 0.3) is 0 Å². The van der Waals surface area contributed by atoms with Crippen LogP contribution in [-0.2, 0) is 16.1 Å². The van der Waals surface area contributed by atoms with E-state index in [9.17, 15) is 4.79 Å². The number of hydrogen-bond donors (Lipinski definition) is 1. The van der Waals surface area contributed by atoms with E-state index in [1.807, 2.05) is 0 Å². The van der Waals surface area contributed by atoms with E-state index in [-0.39, 0.29) is 12.5 Å². The minimum absolute atomic E-state index is 0.141. The van der Waals surface area contributed by atoms with Crippen LogP contribution in [0.15, 0.2) is 12.4 Å². The summed E-state index contributed by atoms with van der Waals surface area (Å²) in [6, 6.07) is 0. The highest BCUT2D eigenvalue weighted by atomic mass is 16.5. The van der Waals surface area contributed by atoms with E-state index in [1.54, 1.807) is 6.20 Å². The molecule has 88 valence electrons. The normalized spacial score (nSPS) is 15.8. The zero-order valence-corrected chi connectivity index (χ0v) is 9.26. The van der Waals surface area contributed by atoms with Gasteiger partial charge in [-0.15, -0.1) is 0 Å². The predicted molar refractivity (Wildman–Crippen MR) is 59.6 cm³/mol. The van der Waals surface area contributed by atoms with Crippen molar-refractivity contribution < 1.29 is 9.53 Å². The minimum Gasteiger partial charge on any atom is -0.464 e. The number of rotatable bonds is 5. The second-order valence-electron chi connectivity index (χ2n) is 4.28. The molecule has 1 aromatic rings. The average molecular weight is 223 g/mol. The first-order valence-corrected chi connectivity index (χ1v) is 5.67. The number of nitrogen functional groups attached to an aromatic ring is 1. The Hall–Kier alpha value is -1.52. The molecule has 0 atom stereocenters. The van der Waals surface area contributed by atoms with Gasteiger partial charge in [-0.25, -0.2) is 0 Å². The van der Waals surface area contributed by atoms with Gasteiger partial charge < -0.3 is 10.5 Å². The lowest BCUT2D eigenvalue weighted by Gasteiger charge is -2.24. The van der Waals surface area contributed by atoms with Crippen LogP contribution < -0.4 is 5.73 Å². The molecule has 5 heteroatoms. The van der Waals surface area contributed by atoms with E-state index in [0.717, 1.165) is 12.3 Å². The van der Waals surface area contributed by atoms with Gasteiger partial charge in [-0.3, -0.25) is 9.48 Å². The van der Waals surface area contributed by atoms with Crippen molar-refractivity contribution in [2.24, 2.45) is 5.92 Å². The molecule has 0 saturated heterocycles. The lowest BCUT2D eigenvalue weighted by molar-refractivity contribution is -0.145. The van der Waals surface area contributed by atoms with Gasteiger partial charge in [0.25, 0.3) is 0 Å². The maximum Gasteiger partial charge on any atom is 0.327 e. The quantitative estimate of drug-likeness (QED) is 0.761. The summed E-state index contributed by atoms with van der Waals surface area (Å²) < 4.78 is 6.61. The van der Waals surface area contributed by atoms with Gasteiger partial charge in [0.05, 0.1) is 18.5 Å². The maximum atomic E-state index is 11.4. The number of anilines is 1. The van der Waals surface area contributed by atoms with E-state index >= 15 is 0 Å². The number of aromatic nitrogens is 2. The third-order valence-corrected chi connectivity index (χ3v) is 2.96. The Bertz CT molecular complexity index is 358. The van der Waals surface area contributed by atoms with Gasteiger partial charge in [0.15, 0.2) is 0 Å². The van der Waals surface area contributed by atoms with Crippen molar-refractivity contribution in [1.29, 1.82) is 0 Å². The highest BCUT2D eigenvalue weighted by Gasteiger charge is 2.17. The summed E-state index contributed by atoms with van der Waals surface area (Å²) in [6.07, 6.45) is 8.02. The number of esters is 1.